The number of nitrogens with one attached hydrogen (secondary N) is 1. The lowest BCUT2D eigenvalue weighted by Crippen LogP contribution is -2.54. The fourth-order valence-electron chi connectivity index (χ4n) is 3.37. The first-order valence-corrected chi connectivity index (χ1v) is 10.8. The molecule has 1 aliphatic heterocycles. The van der Waals surface area contributed by atoms with Gasteiger partial charge in [-0.25, -0.2) is 0 Å². The number of amides is 2. The highest BCUT2D eigenvalue weighted by Crippen LogP contribution is 2.32. The van der Waals surface area contributed by atoms with Crippen molar-refractivity contribution in [3.63, 3.8) is 0 Å². The second-order valence-corrected chi connectivity index (χ2v) is 8.67. The van der Waals surface area contributed by atoms with Crippen LogP contribution in [0.15, 0.2) is 63.0 Å². The van der Waals surface area contributed by atoms with E-state index in [4.69, 9.17) is 16.6 Å². The van der Waals surface area contributed by atoms with Gasteiger partial charge in [0.15, 0.2) is 5.11 Å². The quantitative estimate of drug-likeness (QED) is 0.298. The van der Waals surface area contributed by atoms with Gasteiger partial charge in [-0.1, -0.05) is 34.1 Å². The van der Waals surface area contributed by atoms with Crippen LogP contribution < -0.4 is 10.2 Å². The molecule has 3 aromatic rings. The number of anilines is 1. The maximum Gasteiger partial charge on any atom is 0.270 e. The Hall–Kier alpha value is -3.03. The highest BCUT2D eigenvalue weighted by Gasteiger charge is 2.35. The third-order valence-electron chi connectivity index (χ3n) is 5.01. The number of carbonyl (C=O) groups excluding carboxylic acids is 2. The molecule has 2 heterocycles. The van der Waals surface area contributed by atoms with E-state index in [9.17, 15) is 9.59 Å². The number of furan rings is 1. The van der Waals surface area contributed by atoms with Gasteiger partial charge in [-0.3, -0.25) is 19.8 Å². The van der Waals surface area contributed by atoms with Crippen molar-refractivity contribution in [2.45, 2.75) is 20.8 Å². The fourth-order valence-corrected chi connectivity index (χ4v) is 4.34. The monoisotopic (exact) mass is 494 g/mol. The van der Waals surface area contributed by atoms with Gasteiger partial charge in [0.05, 0.1) is 5.69 Å². The molecule has 0 saturated carbocycles. The number of carbonyl (C=O) groups is 2. The number of nitrogens with zero attached hydrogens (tertiary/aromatic N) is 1. The maximum atomic E-state index is 13.2. The van der Waals surface area contributed by atoms with Crippen LogP contribution >= 0.6 is 28.1 Å². The van der Waals surface area contributed by atoms with Crippen LogP contribution in [0.1, 0.15) is 22.5 Å². The number of hydrogen-bond donors (Lipinski definition) is 1. The van der Waals surface area contributed by atoms with E-state index in [-0.39, 0.29) is 10.7 Å². The van der Waals surface area contributed by atoms with Crippen molar-refractivity contribution >= 4 is 56.8 Å². The molecule has 4 rings (SSSR count). The van der Waals surface area contributed by atoms with E-state index in [0.717, 1.165) is 26.7 Å². The summed E-state index contributed by atoms with van der Waals surface area (Å²) < 4.78 is 6.81. The van der Waals surface area contributed by atoms with E-state index < -0.39 is 11.8 Å². The lowest BCUT2D eigenvalue weighted by molar-refractivity contribution is -0.122. The topological polar surface area (TPSA) is 62.6 Å². The summed E-state index contributed by atoms with van der Waals surface area (Å²) in [7, 11) is 0. The Balaban J connectivity index is 1.71. The molecule has 1 aliphatic rings. The van der Waals surface area contributed by atoms with Crippen LogP contribution in [0.5, 0.6) is 0 Å². The molecule has 0 radical (unpaired) electrons. The second kappa shape index (κ2) is 8.24. The van der Waals surface area contributed by atoms with Crippen LogP contribution in [-0.2, 0) is 9.59 Å². The molecule has 1 N–H and O–H groups in total. The van der Waals surface area contributed by atoms with Gasteiger partial charge in [-0.05, 0) is 86.1 Å². The summed E-state index contributed by atoms with van der Waals surface area (Å²) in [5.74, 6) is -0.0121. The molecule has 0 unspecified atom stereocenters. The van der Waals surface area contributed by atoms with E-state index >= 15 is 0 Å². The zero-order valence-electron chi connectivity index (χ0n) is 17.2. The predicted octanol–water partition coefficient (Wildman–Crippen LogP) is 5.47. The number of aryl methyl sites for hydroxylation is 3. The molecule has 156 valence electrons. The summed E-state index contributed by atoms with van der Waals surface area (Å²) in [6.45, 7) is 5.83. The number of halogens is 1. The van der Waals surface area contributed by atoms with Gasteiger partial charge in [-0.15, -0.1) is 0 Å². The minimum atomic E-state index is -0.550. The number of thiocarbonyl (C=S) groups is 1. The summed E-state index contributed by atoms with van der Waals surface area (Å²) in [6.07, 6.45) is 1.45. The number of hydrogen-bond acceptors (Lipinski definition) is 4. The minimum Gasteiger partial charge on any atom is -0.457 e. The Morgan fingerprint density at radius 2 is 1.71 bits per heavy atom. The van der Waals surface area contributed by atoms with Crippen molar-refractivity contribution < 1.29 is 14.0 Å². The Morgan fingerprint density at radius 1 is 1.00 bits per heavy atom. The first kappa shape index (κ1) is 21.2. The van der Waals surface area contributed by atoms with Gasteiger partial charge in [0, 0.05) is 10.0 Å². The van der Waals surface area contributed by atoms with Crippen molar-refractivity contribution in [2.24, 2.45) is 0 Å². The molecule has 1 aromatic heterocycles. The van der Waals surface area contributed by atoms with Crippen LogP contribution in [0.25, 0.3) is 17.4 Å². The molecule has 2 amide bonds. The molecule has 0 atom stereocenters. The van der Waals surface area contributed by atoms with Gasteiger partial charge in [0.25, 0.3) is 11.8 Å². The maximum absolute atomic E-state index is 13.2. The molecule has 31 heavy (non-hydrogen) atoms. The zero-order valence-corrected chi connectivity index (χ0v) is 19.6. The summed E-state index contributed by atoms with van der Waals surface area (Å²) in [5, 5.41) is 2.67. The molecular formula is C24H19BrN2O3S. The second-order valence-electron chi connectivity index (χ2n) is 7.43. The van der Waals surface area contributed by atoms with Crippen molar-refractivity contribution in [1.29, 1.82) is 0 Å². The first-order chi connectivity index (χ1) is 14.7. The molecule has 1 fully saturated rings. The average molecular weight is 495 g/mol. The van der Waals surface area contributed by atoms with Crippen LogP contribution in [0.4, 0.5) is 5.69 Å². The summed E-state index contributed by atoms with van der Waals surface area (Å²) in [5.41, 5.74) is 4.46. The highest BCUT2D eigenvalue weighted by molar-refractivity contribution is 9.10. The molecule has 2 aromatic carbocycles. The van der Waals surface area contributed by atoms with Crippen molar-refractivity contribution in [3.05, 3.63) is 81.0 Å². The van der Waals surface area contributed by atoms with E-state index in [0.29, 0.717) is 17.2 Å². The Bertz CT molecular complexity index is 1280. The molecule has 5 nitrogen and oxygen atoms in total. The highest BCUT2D eigenvalue weighted by atomic mass is 79.9. The van der Waals surface area contributed by atoms with E-state index in [1.165, 1.54) is 11.0 Å². The molecular weight excluding hydrogens is 476 g/mol. The lowest BCUT2D eigenvalue weighted by atomic mass is 10.1. The molecule has 1 saturated heterocycles. The van der Waals surface area contributed by atoms with Crippen molar-refractivity contribution in [2.75, 3.05) is 4.90 Å². The van der Waals surface area contributed by atoms with E-state index in [2.05, 4.69) is 21.2 Å². The Kier molecular flexibility index (Phi) is 5.64. The lowest BCUT2D eigenvalue weighted by Gasteiger charge is -2.30. The first-order valence-electron chi connectivity index (χ1n) is 9.59. The summed E-state index contributed by atoms with van der Waals surface area (Å²) in [6, 6.07) is 15.2. The summed E-state index contributed by atoms with van der Waals surface area (Å²) in [4.78, 5) is 27.1. The average Bonchev–Trinajstić information content (AvgIpc) is 3.16. The van der Waals surface area contributed by atoms with Gasteiger partial charge in [0.2, 0.25) is 0 Å². The summed E-state index contributed by atoms with van der Waals surface area (Å²) >= 11 is 8.84. The largest absolute Gasteiger partial charge is 0.457 e. The predicted molar refractivity (Wildman–Crippen MR) is 129 cm³/mol. The number of rotatable bonds is 3. The molecule has 0 bridgehead atoms. The van der Waals surface area contributed by atoms with Crippen LogP contribution in [0.2, 0.25) is 0 Å². The molecule has 7 heteroatoms. The standard InChI is InChI=1S/C24H19BrN2O3S/c1-13-5-8-17(19(25)10-13)21-9-7-16(30-21)12-18-22(28)26-24(31)27(23(18)29)20-11-14(2)4-6-15(20)3/h4-12H,1-3H3,(H,26,28,31)/b18-12-. The minimum absolute atomic E-state index is 0.0432. The number of benzene rings is 2. The normalized spacial score (nSPS) is 15.5. The van der Waals surface area contributed by atoms with Gasteiger partial charge < -0.3 is 4.42 Å². The van der Waals surface area contributed by atoms with Gasteiger partial charge in [0.1, 0.15) is 17.1 Å². The van der Waals surface area contributed by atoms with Gasteiger partial charge in [-0.2, -0.15) is 0 Å². The zero-order chi connectivity index (χ0) is 22.3. The van der Waals surface area contributed by atoms with E-state index in [1.807, 2.05) is 57.2 Å². The third kappa shape index (κ3) is 4.11. The van der Waals surface area contributed by atoms with Crippen LogP contribution in [-0.4, -0.2) is 16.9 Å². The third-order valence-corrected chi connectivity index (χ3v) is 5.95. The Morgan fingerprint density at radius 3 is 2.45 bits per heavy atom. The fraction of sp³-hybridized carbons (Fsp3) is 0.125. The van der Waals surface area contributed by atoms with Gasteiger partial charge >= 0.3 is 0 Å². The van der Waals surface area contributed by atoms with Crippen molar-refractivity contribution in [3.8, 4) is 11.3 Å². The van der Waals surface area contributed by atoms with Crippen molar-refractivity contribution in [1.82, 2.24) is 5.32 Å². The Labute approximate surface area is 193 Å². The van der Waals surface area contributed by atoms with Crippen LogP contribution in [0.3, 0.4) is 0 Å². The van der Waals surface area contributed by atoms with E-state index in [1.54, 1.807) is 12.1 Å². The smallest absolute Gasteiger partial charge is 0.270 e. The molecule has 0 spiro atoms. The van der Waals surface area contributed by atoms with Crippen LogP contribution in [0, 0.1) is 20.8 Å². The molecule has 0 aliphatic carbocycles. The SMILES string of the molecule is Cc1ccc(-c2ccc(/C=C3/C(=O)NC(=S)N(c4cc(C)ccc4C)C3=O)o2)c(Br)c1.